The summed E-state index contributed by atoms with van der Waals surface area (Å²) in [6.07, 6.45) is 3.39. The van der Waals surface area contributed by atoms with Gasteiger partial charge in [0.25, 0.3) is 0 Å². The van der Waals surface area contributed by atoms with Crippen molar-refractivity contribution in [2.45, 2.75) is 56.8 Å². The van der Waals surface area contributed by atoms with E-state index in [1.54, 1.807) is 0 Å². The van der Waals surface area contributed by atoms with Crippen LogP contribution >= 0.6 is 11.8 Å². The molecule has 0 spiro atoms. The van der Waals surface area contributed by atoms with Crippen LogP contribution < -0.4 is 5.73 Å². The molecule has 2 aromatic heterocycles. The van der Waals surface area contributed by atoms with Crippen molar-refractivity contribution >= 4 is 11.8 Å². The molecule has 0 amide bonds. The topological polar surface area (TPSA) is 64.7 Å². The number of aryl methyl sites for hydroxylation is 4. The van der Waals surface area contributed by atoms with Crippen molar-refractivity contribution in [3.8, 4) is 0 Å². The summed E-state index contributed by atoms with van der Waals surface area (Å²) in [5.41, 5.74) is 12.8. The molecule has 3 rings (SSSR count). The lowest BCUT2D eigenvalue weighted by molar-refractivity contribution is 0.863. The lowest BCUT2D eigenvalue weighted by atomic mass is 10.1. The van der Waals surface area contributed by atoms with Gasteiger partial charge in [-0.3, -0.25) is 0 Å². The molecule has 0 unspecified atom stereocenters. The van der Waals surface area contributed by atoms with Crippen LogP contribution in [0.15, 0.2) is 16.2 Å². The lowest BCUT2D eigenvalue weighted by Gasteiger charge is -2.10. The van der Waals surface area contributed by atoms with Crippen molar-refractivity contribution in [1.82, 2.24) is 15.0 Å². The fourth-order valence-corrected chi connectivity index (χ4v) is 3.58. The number of pyridine rings is 1. The van der Waals surface area contributed by atoms with E-state index in [0.29, 0.717) is 6.54 Å². The third kappa shape index (κ3) is 2.80. The normalized spacial score (nSPS) is 13.5. The number of nitrogens with two attached hydrogens (primary N) is 1. The van der Waals surface area contributed by atoms with Gasteiger partial charge in [0.05, 0.1) is 0 Å². The maximum Gasteiger partial charge on any atom is 0.194 e. The first-order chi connectivity index (χ1) is 10.1. The number of hydrogen-bond donors (Lipinski definition) is 1. The highest BCUT2D eigenvalue weighted by Crippen LogP contribution is 2.31. The maximum absolute atomic E-state index is 5.89. The molecule has 0 saturated heterocycles. The zero-order valence-electron chi connectivity index (χ0n) is 12.7. The van der Waals surface area contributed by atoms with Crippen LogP contribution in [0, 0.1) is 20.8 Å². The van der Waals surface area contributed by atoms with E-state index in [9.17, 15) is 0 Å². The van der Waals surface area contributed by atoms with Gasteiger partial charge in [-0.25, -0.2) is 15.0 Å². The molecular formula is C16H20N4S. The van der Waals surface area contributed by atoms with Crippen LogP contribution in [0.2, 0.25) is 0 Å². The first-order valence-corrected chi connectivity index (χ1v) is 8.11. The molecule has 110 valence electrons. The summed E-state index contributed by atoms with van der Waals surface area (Å²) < 4.78 is 0. The Kier molecular flexibility index (Phi) is 3.95. The second kappa shape index (κ2) is 5.73. The minimum absolute atomic E-state index is 0.506. The van der Waals surface area contributed by atoms with E-state index in [1.807, 2.05) is 13.8 Å². The van der Waals surface area contributed by atoms with E-state index in [2.05, 4.69) is 23.0 Å². The predicted molar refractivity (Wildman–Crippen MR) is 84.5 cm³/mol. The average molecular weight is 300 g/mol. The molecule has 4 nitrogen and oxygen atoms in total. The minimum atomic E-state index is 0.506. The van der Waals surface area contributed by atoms with Gasteiger partial charge in [0.1, 0.15) is 5.03 Å². The van der Waals surface area contributed by atoms with Gasteiger partial charge < -0.3 is 5.73 Å². The van der Waals surface area contributed by atoms with Gasteiger partial charge in [0.2, 0.25) is 0 Å². The van der Waals surface area contributed by atoms with Gasteiger partial charge in [0.15, 0.2) is 5.16 Å². The zero-order valence-corrected chi connectivity index (χ0v) is 13.5. The van der Waals surface area contributed by atoms with Crippen LogP contribution in [0.25, 0.3) is 0 Å². The van der Waals surface area contributed by atoms with E-state index >= 15 is 0 Å². The zero-order chi connectivity index (χ0) is 15.0. The highest BCUT2D eigenvalue weighted by atomic mass is 32.2. The van der Waals surface area contributed by atoms with E-state index in [0.717, 1.165) is 45.5 Å². The molecule has 2 N–H and O–H groups in total. The summed E-state index contributed by atoms with van der Waals surface area (Å²) in [5, 5.41) is 1.72. The van der Waals surface area contributed by atoms with E-state index in [1.165, 1.54) is 29.4 Å². The van der Waals surface area contributed by atoms with E-state index in [4.69, 9.17) is 10.7 Å². The third-order valence-corrected chi connectivity index (χ3v) is 5.02. The number of nitrogens with zero attached hydrogens (tertiary/aromatic N) is 3. The second-order valence-corrected chi connectivity index (χ2v) is 6.48. The summed E-state index contributed by atoms with van der Waals surface area (Å²) >= 11 is 1.53. The van der Waals surface area contributed by atoms with Crippen LogP contribution in [0.3, 0.4) is 0 Å². The standard InChI is InChI=1S/C16H20N4S/c1-9-10(2)18-16(19-11(9)3)21-15-13(8-17)7-12-5-4-6-14(12)20-15/h7H,4-6,8,17H2,1-3H3. The minimum Gasteiger partial charge on any atom is -0.326 e. The Labute approximate surface area is 129 Å². The number of hydrogen-bond acceptors (Lipinski definition) is 5. The summed E-state index contributed by atoms with van der Waals surface area (Å²) in [6.45, 7) is 6.60. The van der Waals surface area contributed by atoms with Crippen molar-refractivity contribution < 1.29 is 0 Å². The third-order valence-electron chi connectivity index (χ3n) is 4.11. The number of aromatic nitrogens is 3. The van der Waals surface area contributed by atoms with Gasteiger partial charge in [0, 0.05) is 23.6 Å². The van der Waals surface area contributed by atoms with Gasteiger partial charge in [-0.05, 0) is 68.5 Å². The SMILES string of the molecule is Cc1nc(Sc2nc3c(cc2CN)CCC3)nc(C)c1C. The van der Waals surface area contributed by atoms with Crippen LogP contribution in [0.4, 0.5) is 0 Å². The molecule has 21 heavy (non-hydrogen) atoms. The second-order valence-electron chi connectivity index (χ2n) is 5.52. The van der Waals surface area contributed by atoms with Crippen molar-refractivity contribution in [3.63, 3.8) is 0 Å². The summed E-state index contributed by atoms with van der Waals surface area (Å²) in [6, 6.07) is 2.21. The van der Waals surface area contributed by atoms with E-state index < -0.39 is 0 Å². The monoisotopic (exact) mass is 300 g/mol. The smallest absolute Gasteiger partial charge is 0.194 e. The Balaban J connectivity index is 1.98. The maximum atomic E-state index is 5.89. The molecule has 0 fully saturated rings. The summed E-state index contributed by atoms with van der Waals surface area (Å²) in [4.78, 5) is 13.9. The fraction of sp³-hybridized carbons (Fsp3) is 0.438. The average Bonchev–Trinajstić information content (AvgIpc) is 2.91. The molecular weight excluding hydrogens is 280 g/mol. The first-order valence-electron chi connectivity index (χ1n) is 7.30. The molecule has 2 heterocycles. The lowest BCUT2D eigenvalue weighted by Crippen LogP contribution is -2.04. The molecule has 2 aromatic rings. The Morgan fingerprint density at radius 3 is 2.48 bits per heavy atom. The van der Waals surface area contributed by atoms with E-state index in [-0.39, 0.29) is 0 Å². The molecule has 0 atom stereocenters. The highest BCUT2D eigenvalue weighted by Gasteiger charge is 2.17. The first kappa shape index (κ1) is 14.5. The van der Waals surface area contributed by atoms with Crippen molar-refractivity contribution in [1.29, 1.82) is 0 Å². The van der Waals surface area contributed by atoms with Crippen LogP contribution in [-0.2, 0) is 19.4 Å². The highest BCUT2D eigenvalue weighted by molar-refractivity contribution is 7.99. The van der Waals surface area contributed by atoms with Gasteiger partial charge in [-0.1, -0.05) is 6.07 Å². The van der Waals surface area contributed by atoms with Crippen LogP contribution in [0.5, 0.6) is 0 Å². The molecule has 0 radical (unpaired) electrons. The molecule has 0 aliphatic heterocycles. The largest absolute Gasteiger partial charge is 0.326 e. The van der Waals surface area contributed by atoms with Gasteiger partial charge in [-0.15, -0.1) is 0 Å². The molecule has 5 heteroatoms. The summed E-state index contributed by atoms with van der Waals surface area (Å²) in [5.74, 6) is 0. The Morgan fingerprint density at radius 1 is 1.10 bits per heavy atom. The molecule has 0 bridgehead atoms. The molecule has 1 aliphatic carbocycles. The van der Waals surface area contributed by atoms with Crippen LogP contribution in [0.1, 0.15) is 40.2 Å². The van der Waals surface area contributed by atoms with Crippen molar-refractivity contribution in [2.75, 3.05) is 0 Å². The summed E-state index contributed by atoms with van der Waals surface area (Å²) in [7, 11) is 0. The molecule has 0 aromatic carbocycles. The van der Waals surface area contributed by atoms with Gasteiger partial charge >= 0.3 is 0 Å². The van der Waals surface area contributed by atoms with Crippen molar-refractivity contribution in [3.05, 3.63) is 39.8 Å². The Morgan fingerprint density at radius 2 is 1.81 bits per heavy atom. The quantitative estimate of drug-likeness (QED) is 0.883. The number of fused-ring (bicyclic) bond motifs is 1. The molecule has 1 aliphatic rings. The Bertz CT molecular complexity index is 674. The predicted octanol–water partition coefficient (Wildman–Crippen LogP) is 2.90. The van der Waals surface area contributed by atoms with Crippen LogP contribution in [-0.4, -0.2) is 15.0 Å². The Hall–Kier alpha value is -1.46. The number of rotatable bonds is 3. The molecule has 0 saturated carbocycles. The van der Waals surface area contributed by atoms with Crippen molar-refractivity contribution in [2.24, 2.45) is 5.73 Å². The van der Waals surface area contributed by atoms with Gasteiger partial charge in [-0.2, -0.15) is 0 Å². The fourth-order valence-electron chi connectivity index (χ4n) is 2.61.